The molecular formula is C33H44N4O3. The van der Waals surface area contributed by atoms with Crippen LogP contribution in [0.25, 0.3) is 11.0 Å². The lowest BCUT2D eigenvalue weighted by molar-refractivity contribution is -0.137. The topological polar surface area (TPSA) is 96.1 Å². The van der Waals surface area contributed by atoms with Gasteiger partial charge in [0.25, 0.3) is 0 Å². The predicted molar refractivity (Wildman–Crippen MR) is 158 cm³/mol. The van der Waals surface area contributed by atoms with Crippen LogP contribution in [0.1, 0.15) is 82.7 Å². The lowest BCUT2D eigenvalue weighted by Crippen LogP contribution is -2.61. The SMILES string of the molecule is CCNC(=O)[C@H](NC(=O)C(C)(COC)c1ccc2[nH]c(C[C@H](c3ccccc3)C3(C)CC3)nc2c1)C1(C)CCC1. The van der Waals surface area contributed by atoms with Gasteiger partial charge in [0.1, 0.15) is 11.9 Å². The van der Waals surface area contributed by atoms with E-state index < -0.39 is 11.5 Å². The smallest absolute Gasteiger partial charge is 0.243 e. The number of hydrogen-bond donors (Lipinski definition) is 3. The van der Waals surface area contributed by atoms with Crippen LogP contribution in [0.4, 0.5) is 0 Å². The van der Waals surface area contributed by atoms with E-state index in [1.54, 1.807) is 7.11 Å². The molecule has 2 aliphatic carbocycles. The molecule has 2 fully saturated rings. The number of hydrogen-bond acceptors (Lipinski definition) is 4. The molecule has 2 saturated carbocycles. The summed E-state index contributed by atoms with van der Waals surface area (Å²) < 4.78 is 5.57. The first-order valence-electron chi connectivity index (χ1n) is 14.7. The van der Waals surface area contributed by atoms with Gasteiger partial charge < -0.3 is 20.4 Å². The number of nitrogens with one attached hydrogen (secondary N) is 3. The Hall–Kier alpha value is -3.19. The van der Waals surface area contributed by atoms with Crippen LogP contribution in [0.5, 0.6) is 0 Å². The van der Waals surface area contributed by atoms with Gasteiger partial charge in [0.15, 0.2) is 0 Å². The number of benzene rings is 2. The Morgan fingerprint density at radius 2 is 1.80 bits per heavy atom. The van der Waals surface area contributed by atoms with Gasteiger partial charge in [-0.05, 0) is 79.5 Å². The molecule has 40 heavy (non-hydrogen) atoms. The highest BCUT2D eigenvalue weighted by atomic mass is 16.5. The zero-order chi connectivity index (χ0) is 28.5. The Bertz CT molecular complexity index is 1360. The number of nitrogens with zero attached hydrogens (tertiary/aromatic N) is 1. The van der Waals surface area contributed by atoms with Gasteiger partial charge in [-0.15, -0.1) is 0 Å². The van der Waals surface area contributed by atoms with E-state index in [-0.39, 0.29) is 23.8 Å². The molecule has 2 aromatic carbocycles. The molecule has 2 amide bonds. The number of fused-ring (bicyclic) bond motifs is 1. The van der Waals surface area contributed by atoms with E-state index in [1.165, 1.54) is 18.4 Å². The van der Waals surface area contributed by atoms with E-state index in [9.17, 15) is 9.59 Å². The van der Waals surface area contributed by atoms with E-state index in [1.807, 2.05) is 32.0 Å². The van der Waals surface area contributed by atoms with Crippen molar-refractivity contribution < 1.29 is 14.3 Å². The van der Waals surface area contributed by atoms with Gasteiger partial charge in [0.2, 0.25) is 11.8 Å². The summed E-state index contributed by atoms with van der Waals surface area (Å²) in [6.45, 7) is 8.96. The molecule has 0 spiro atoms. The minimum absolute atomic E-state index is 0.123. The standard InChI is InChI=1S/C33H44N4O3/c1-6-34-29(38)28(32(3)15-10-16-32)37-30(39)33(4,21-40-5)23-13-14-25-26(19-23)36-27(35-25)20-24(31(2)17-18-31)22-11-8-7-9-12-22/h7-9,11-14,19,24,28H,6,10,15-18,20-21H2,1-5H3,(H,34,38)(H,35,36)(H,37,39)/t24-,28+,33?/m1/s1. The van der Waals surface area contributed by atoms with E-state index >= 15 is 0 Å². The van der Waals surface area contributed by atoms with E-state index in [0.29, 0.717) is 17.9 Å². The van der Waals surface area contributed by atoms with Crippen molar-refractivity contribution in [1.29, 1.82) is 0 Å². The second-order valence-corrected chi connectivity index (χ2v) is 12.8. The Labute approximate surface area is 237 Å². The molecule has 1 unspecified atom stereocenters. The Balaban J connectivity index is 1.41. The fraction of sp³-hybridized carbons (Fsp3) is 0.545. The van der Waals surface area contributed by atoms with Crippen molar-refractivity contribution in [2.24, 2.45) is 10.8 Å². The van der Waals surface area contributed by atoms with Crippen molar-refractivity contribution in [3.8, 4) is 0 Å². The minimum atomic E-state index is -0.985. The van der Waals surface area contributed by atoms with Crippen LogP contribution in [-0.2, 0) is 26.2 Å². The van der Waals surface area contributed by atoms with Crippen LogP contribution >= 0.6 is 0 Å². The summed E-state index contributed by atoms with van der Waals surface area (Å²) in [6.07, 6.45) is 6.21. The van der Waals surface area contributed by atoms with Gasteiger partial charge in [-0.1, -0.05) is 56.7 Å². The zero-order valence-electron chi connectivity index (χ0n) is 24.6. The maximum Gasteiger partial charge on any atom is 0.243 e. The molecule has 0 aliphatic heterocycles. The lowest BCUT2D eigenvalue weighted by Gasteiger charge is -2.45. The lowest BCUT2D eigenvalue weighted by atomic mass is 9.65. The summed E-state index contributed by atoms with van der Waals surface area (Å²) in [5.74, 6) is 1.03. The number of carbonyl (C=O) groups excluding carboxylic acids is 2. The highest BCUT2D eigenvalue weighted by Gasteiger charge is 2.47. The summed E-state index contributed by atoms with van der Waals surface area (Å²) in [4.78, 5) is 35.5. The van der Waals surface area contributed by atoms with Gasteiger partial charge in [-0.3, -0.25) is 9.59 Å². The van der Waals surface area contributed by atoms with Crippen molar-refractivity contribution in [1.82, 2.24) is 20.6 Å². The van der Waals surface area contributed by atoms with Gasteiger partial charge in [0.05, 0.1) is 23.1 Å². The molecule has 1 aromatic heterocycles. The molecule has 7 nitrogen and oxygen atoms in total. The predicted octanol–water partition coefficient (Wildman–Crippen LogP) is 5.40. The minimum Gasteiger partial charge on any atom is -0.383 e. The number of amides is 2. The van der Waals surface area contributed by atoms with E-state index in [2.05, 4.69) is 59.8 Å². The Morgan fingerprint density at radius 3 is 2.40 bits per heavy atom. The van der Waals surface area contributed by atoms with Crippen LogP contribution in [-0.4, -0.2) is 48.1 Å². The number of rotatable bonds is 12. The second-order valence-electron chi connectivity index (χ2n) is 12.8. The first kappa shape index (κ1) is 28.3. The third kappa shape index (κ3) is 5.40. The normalized spacial score (nSPS) is 20.1. The van der Waals surface area contributed by atoms with Crippen molar-refractivity contribution in [3.63, 3.8) is 0 Å². The fourth-order valence-corrected chi connectivity index (χ4v) is 6.40. The molecule has 214 valence electrons. The quantitative estimate of drug-likeness (QED) is 0.284. The molecule has 0 bridgehead atoms. The van der Waals surface area contributed by atoms with Crippen molar-refractivity contribution >= 4 is 22.8 Å². The highest BCUT2D eigenvalue weighted by Crippen LogP contribution is 2.56. The molecule has 1 heterocycles. The summed E-state index contributed by atoms with van der Waals surface area (Å²) in [5.41, 5.74) is 3.04. The number of likely N-dealkylation sites (N-methyl/N-ethyl adjacent to an activating group) is 1. The van der Waals surface area contributed by atoms with Crippen LogP contribution < -0.4 is 10.6 Å². The molecule has 5 rings (SSSR count). The maximum atomic E-state index is 13.9. The van der Waals surface area contributed by atoms with Gasteiger partial charge in [-0.2, -0.15) is 0 Å². The van der Waals surface area contributed by atoms with Crippen LogP contribution in [0, 0.1) is 10.8 Å². The van der Waals surface area contributed by atoms with Crippen molar-refractivity contribution in [2.45, 2.75) is 83.6 Å². The van der Waals surface area contributed by atoms with E-state index in [0.717, 1.165) is 48.1 Å². The van der Waals surface area contributed by atoms with Gasteiger partial charge in [-0.25, -0.2) is 4.98 Å². The highest BCUT2D eigenvalue weighted by molar-refractivity contribution is 5.94. The number of carbonyl (C=O) groups is 2. The molecule has 7 heteroatoms. The zero-order valence-corrected chi connectivity index (χ0v) is 24.6. The summed E-state index contributed by atoms with van der Waals surface area (Å²) in [6, 6.07) is 16.1. The number of aromatic nitrogens is 2. The van der Waals surface area contributed by atoms with Crippen molar-refractivity contribution in [2.75, 3.05) is 20.3 Å². The molecule has 0 saturated heterocycles. The maximum absolute atomic E-state index is 13.9. The third-order valence-electron chi connectivity index (χ3n) is 9.66. The molecule has 3 N–H and O–H groups in total. The second kappa shape index (κ2) is 11.0. The summed E-state index contributed by atoms with van der Waals surface area (Å²) in [5, 5.41) is 6.05. The third-order valence-corrected chi connectivity index (χ3v) is 9.66. The molecular weight excluding hydrogens is 500 g/mol. The number of H-pyrrole nitrogens is 1. The number of imidazole rings is 1. The fourth-order valence-electron chi connectivity index (χ4n) is 6.40. The van der Waals surface area contributed by atoms with Gasteiger partial charge in [0, 0.05) is 20.1 Å². The van der Waals surface area contributed by atoms with Crippen LogP contribution in [0.15, 0.2) is 48.5 Å². The average Bonchev–Trinajstić information content (AvgIpc) is 3.54. The van der Waals surface area contributed by atoms with Crippen LogP contribution in [0.3, 0.4) is 0 Å². The molecule has 2 aliphatic rings. The molecule has 3 aromatic rings. The monoisotopic (exact) mass is 544 g/mol. The Kier molecular flexibility index (Phi) is 7.79. The van der Waals surface area contributed by atoms with Crippen LogP contribution in [0.2, 0.25) is 0 Å². The first-order chi connectivity index (χ1) is 19.1. The summed E-state index contributed by atoms with van der Waals surface area (Å²) in [7, 11) is 1.60. The largest absolute Gasteiger partial charge is 0.383 e. The summed E-state index contributed by atoms with van der Waals surface area (Å²) >= 11 is 0. The number of aromatic amines is 1. The van der Waals surface area contributed by atoms with Crippen molar-refractivity contribution in [3.05, 3.63) is 65.5 Å². The Morgan fingerprint density at radius 1 is 1.07 bits per heavy atom. The molecule has 0 radical (unpaired) electrons. The average molecular weight is 545 g/mol. The first-order valence-corrected chi connectivity index (χ1v) is 14.7. The number of methoxy groups -OCH3 is 1. The number of ether oxygens (including phenoxy) is 1. The van der Waals surface area contributed by atoms with E-state index in [4.69, 9.17) is 9.72 Å². The molecule has 3 atom stereocenters. The van der Waals surface area contributed by atoms with Gasteiger partial charge >= 0.3 is 0 Å².